The molecule has 0 saturated carbocycles. The van der Waals surface area contributed by atoms with Crippen molar-refractivity contribution in [3.63, 3.8) is 0 Å². The van der Waals surface area contributed by atoms with Crippen LogP contribution < -0.4 is 10.4 Å². The molecule has 7 nitrogen and oxygen atoms in total. The highest BCUT2D eigenvalue weighted by Crippen LogP contribution is 2.33. The van der Waals surface area contributed by atoms with Crippen LogP contribution in [0.2, 0.25) is 0 Å². The summed E-state index contributed by atoms with van der Waals surface area (Å²) in [5.74, 6) is 0.802. The molecule has 3 heterocycles. The predicted molar refractivity (Wildman–Crippen MR) is 89.8 cm³/mol. The van der Waals surface area contributed by atoms with Crippen molar-refractivity contribution in [3.05, 3.63) is 69.9 Å². The molecule has 0 spiro atoms. The molecule has 0 radical (unpaired) electrons. The molecule has 132 valence electrons. The molecule has 0 fully saturated rings. The van der Waals surface area contributed by atoms with Gasteiger partial charge in [0.2, 0.25) is 0 Å². The fourth-order valence-electron chi connectivity index (χ4n) is 2.77. The van der Waals surface area contributed by atoms with E-state index in [1.165, 1.54) is 11.6 Å². The molecule has 0 aliphatic carbocycles. The van der Waals surface area contributed by atoms with Gasteiger partial charge in [-0.25, -0.2) is 9.59 Å². The average Bonchev–Trinajstić information content (AvgIpc) is 3.25. The van der Waals surface area contributed by atoms with Crippen molar-refractivity contribution in [2.24, 2.45) is 0 Å². The van der Waals surface area contributed by atoms with Crippen LogP contribution in [-0.4, -0.2) is 17.2 Å². The predicted octanol–water partition coefficient (Wildman–Crippen LogP) is 2.98. The molecule has 0 amide bonds. The molecule has 4 rings (SSSR count). The first kappa shape index (κ1) is 16.1. The molecule has 1 aliphatic heterocycles. The number of nitrogens with zero attached hydrogens (tertiary/aromatic N) is 1. The number of rotatable bonds is 4. The fraction of sp³-hybridized carbons (Fsp3) is 0.211. The van der Waals surface area contributed by atoms with Crippen molar-refractivity contribution in [1.29, 1.82) is 0 Å². The van der Waals surface area contributed by atoms with Gasteiger partial charge < -0.3 is 18.4 Å². The van der Waals surface area contributed by atoms with Crippen LogP contribution in [-0.2, 0) is 17.8 Å². The van der Waals surface area contributed by atoms with E-state index in [0.717, 1.165) is 30.1 Å². The van der Waals surface area contributed by atoms with Crippen molar-refractivity contribution in [2.75, 3.05) is 0 Å². The van der Waals surface area contributed by atoms with Gasteiger partial charge in [0.1, 0.15) is 30.4 Å². The number of carbonyl (C=O) groups is 1. The molecule has 1 aliphatic rings. The van der Waals surface area contributed by atoms with Crippen molar-refractivity contribution in [3.8, 4) is 17.1 Å². The summed E-state index contributed by atoms with van der Waals surface area (Å²) in [4.78, 5) is 22.8. The van der Waals surface area contributed by atoms with Gasteiger partial charge in [0.05, 0.1) is 5.56 Å². The van der Waals surface area contributed by atoms with E-state index in [2.05, 4.69) is 9.57 Å². The van der Waals surface area contributed by atoms with Crippen LogP contribution in [0.4, 0.5) is 0 Å². The van der Waals surface area contributed by atoms with Gasteiger partial charge in [-0.15, -0.1) is 0 Å². The van der Waals surface area contributed by atoms with Crippen LogP contribution in [0, 0.1) is 0 Å². The maximum atomic E-state index is 11.9. The van der Waals surface area contributed by atoms with E-state index < -0.39 is 11.6 Å². The summed E-state index contributed by atoms with van der Waals surface area (Å²) in [6.45, 7) is 1.97. The van der Waals surface area contributed by atoms with Crippen molar-refractivity contribution < 1.29 is 23.2 Å². The molecule has 1 atom stereocenters. The highest BCUT2D eigenvalue weighted by molar-refractivity contribution is 5.88. The van der Waals surface area contributed by atoms with E-state index in [1.807, 2.05) is 25.1 Å². The highest BCUT2D eigenvalue weighted by atomic mass is 16.5. The number of ether oxygens (including phenoxy) is 2. The third-order valence-corrected chi connectivity index (χ3v) is 4.03. The zero-order valence-electron chi connectivity index (χ0n) is 13.9. The van der Waals surface area contributed by atoms with E-state index >= 15 is 0 Å². The van der Waals surface area contributed by atoms with Crippen molar-refractivity contribution in [1.82, 2.24) is 5.16 Å². The first-order valence-electron chi connectivity index (χ1n) is 8.10. The molecule has 0 N–H and O–H groups in total. The van der Waals surface area contributed by atoms with Gasteiger partial charge in [0.15, 0.2) is 5.76 Å². The largest absolute Gasteiger partial charge is 0.490 e. The Labute approximate surface area is 148 Å². The molecular weight excluding hydrogens is 338 g/mol. The number of carbonyl (C=O) groups excluding carboxylic acids is 1. The van der Waals surface area contributed by atoms with Gasteiger partial charge in [0, 0.05) is 24.1 Å². The second kappa shape index (κ2) is 6.51. The maximum Gasteiger partial charge on any atom is 0.341 e. The van der Waals surface area contributed by atoms with Gasteiger partial charge in [-0.2, -0.15) is 0 Å². The molecule has 3 aromatic rings. The third kappa shape index (κ3) is 3.23. The number of hydrogen-bond donors (Lipinski definition) is 0. The Morgan fingerprint density at radius 2 is 2.15 bits per heavy atom. The van der Waals surface area contributed by atoms with Gasteiger partial charge in [-0.1, -0.05) is 17.3 Å². The monoisotopic (exact) mass is 353 g/mol. The minimum absolute atomic E-state index is 0.0556. The topological polar surface area (TPSA) is 91.8 Å². The molecule has 7 heteroatoms. The van der Waals surface area contributed by atoms with E-state index in [1.54, 1.807) is 6.07 Å². The van der Waals surface area contributed by atoms with Crippen LogP contribution in [0.3, 0.4) is 0 Å². The molecule has 1 unspecified atom stereocenters. The van der Waals surface area contributed by atoms with E-state index in [0.29, 0.717) is 11.5 Å². The highest BCUT2D eigenvalue weighted by Gasteiger charge is 2.20. The van der Waals surface area contributed by atoms with Gasteiger partial charge >= 0.3 is 11.6 Å². The summed E-state index contributed by atoms with van der Waals surface area (Å²) in [6.07, 6.45) is 2.13. The van der Waals surface area contributed by atoms with Crippen molar-refractivity contribution >= 4 is 5.97 Å². The second-order valence-corrected chi connectivity index (χ2v) is 6.06. The summed E-state index contributed by atoms with van der Waals surface area (Å²) in [5, 5.41) is 3.91. The van der Waals surface area contributed by atoms with Gasteiger partial charge in [-0.3, -0.25) is 0 Å². The molecule has 1 aromatic carbocycles. The summed E-state index contributed by atoms with van der Waals surface area (Å²) in [6, 6.07) is 10.1. The zero-order chi connectivity index (χ0) is 18.1. The Balaban J connectivity index is 1.44. The van der Waals surface area contributed by atoms with Crippen LogP contribution >= 0.6 is 0 Å². The van der Waals surface area contributed by atoms with E-state index in [4.69, 9.17) is 14.0 Å². The lowest BCUT2D eigenvalue weighted by atomic mass is 10.1. The number of aromatic nitrogens is 1. The Morgan fingerprint density at radius 3 is 2.96 bits per heavy atom. The van der Waals surface area contributed by atoms with Crippen LogP contribution in [0.25, 0.3) is 11.3 Å². The number of benzene rings is 1. The number of hydrogen-bond acceptors (Lipinski definition) is 7. The van der Waals surface area contributed by atoms with E-state index in [9.17, 15) is 9.59 Å². The lowest BCUT2D eigenvalue weighted by Gasteiger charge is -2.03. The van der Waals surface area contributed by atoms with E-state index in [-0.39, 0.29) is 18.3 Å². The SMILES string of the molecule is CC1Cc2ccc(-c3cc(COC(=O)c4ccc(=O)oc4)no3)cc2O1. The first-order chi connectivity index (χ1) is 12.6. The summed E-state index contributed by atoms with van der Waals surface area (Å²) in [7, 11) is 0. The quantitative estimate of drug-likeness (QED) is 0.666. The smallest absolute Gasteiger partial charge is 0.341 e. The molecule has 0 saturated heterocycles. The van der Waals surface area contributed by atoms with Crippen LogP contribution in [0.15, 0.2) is 56.4 Å². The first-order valence-corrected chi connectivity index (χ1v) is 8.10. The van der Waals surface area contributed by atoms with Crippen LogP contribution in [0.1, 0.15) is 28.5 Å². The Bertz CT molecular complexity index is 998. The van der Waals surface area contributed by atoms with Gasteiger partial charge in [0.25, 0.3) is 0 Å². The molecule has 26 heavy (non-hydrogen) atoms. The fourth-order valence-corrected chi connectivity index (χ4v) is 2.77. The standard InChI is InChI=1S/C19H15NO6/c1-11-6-12-2-3-13(7-16(12)25-11)17-8-15(20-26-17)10-24-19(22)14-4-5-18(21)23-9-14/h2-5,7-9,11H,6,10H2,1H3. The zero-order valence-corrected chi connectivity index (χ0v) is 13.9. The molecule has 0 bridgehead atoms. The lowest BCUT2D eigenvalue weighted by Crippen LogP contribution is -2.07. The minimum atomic E-state index is -0.613. The average molecular weight is 353 g/mol. The number of fused-ring (bicyclic) bond motifs is 1. The maximum absolute atomic E-state index is 11.9. The van der Waals surface area contributed by atoms with Crippen molar-refractivity contribution in [2.45, 2.75) is 26.1 Å². The third-order valence-electron chi connectivity index (χ3n) is 4.03. The van der Waals surface area contributed by atoms with Gasteiger partial charge in [-0.05, 0) is 24.6 Å². The normalized spacial score (nSPS) is 15.3. The second-order valence-electron chi connectivity index (χ2n) is 6.06. The Hall–Kier alpha value is -3.35. The van der Waals surface area contributed by atoms with Crippen LogP contribution in [0.5, 0.6) is 5.75 Å². The lowest BCUT2D eigenvalue weighted by molar-refractivity contribution is 0.0461. The minimum Gasteiger partial charge on any atom is -0.490 e. The summed E-state index contributed by atoms with van der Waals surface area (Å²) < 4.78 is 20.9. The summed E-state index contributed by atoms with van der Waals surface area (Å²) in [5.41, 5.74) is 2.10. The number of esters is 1. The summed E-state index contributed by atoms with van der Waals surface area (Å²) >= 11 is 0. The molecule has 2 aromatic heterocycles. The molecular formula is C19H15NO6. The Kier molecular flexibility index (Phi) is 4.04. The Morgan fingerprint density at radius 1 is 1.27 bits per heavy atom.